The van der Waals surface area contributed by atoms with Crippen molar-refractivity contribution in [2.24, 2.45) is 0 Å². The Hall–Kier alpha value is -1.72. The van der Waals surface area contributed by atoms with Gasteiger partial charge in [-0.05, 0) is 32.8 Å². The van der Waals surface area contributed by atoms with Crippen molar-refractivity contribution in [3.63, 3.8) is 0 Å². The number of aliphatic hydroxyl groups excluding tert-OH is 1. The lowest BCUT2D eigenvalue weighted by Crippen LogP contribution is -2.30. The Balaban J connectivity index is 2.18. The molecule has 1 unspecified atom stereocenters. The van der Waals surface area contributed by atoms with E-state index >= 15 is 0 Å². The van der Waals surface area contributed by atoms with Crippen LogP contribution < -0.4 is 5.32 Å². The minimum Gasteiger partial charge on any atom is -0.396 e. The van der Waals surface area contributed by atoms with Crippen LogP contribution in [0.4, 0.5) is 0 Å². The molecular weight excluding hydrogens is 284 g/mol. The highest BCUT2D eigenvalue weighted by atomic mass is 32.1. The summed E-state index contributed by atoms with van der Waals surface area (Å²) in [6, 6.07) is 7.77. The number of carbonyl (C=O) groups is 1. The van der Waals surface area contributed by atoms with Crippen molar-refractivity contribution < 1.29 is 9.90 Å². The highest BCUT2D eigenvalue weighted by Crippen LogP contribution is 2.20. The number of nitrogens with one attached hydrogen (secondary N) is 1. The van der Waals surface area contributed by atoms with Crippen LogP contribution in [0.25, 0.3) is 0 Å². The monoisotopic (exact) mass is 304 g/mol. The van der Waals surface area contributed by atoms with E-state index in [-0.39, 0.29) is 18.6 Å². The van der Waals surface area contributed by atoms with Gasteiger partial charge in [-0.25, -0.2) is 4.98 Å². The maximum absolute atomic E-state index is 12.4. The van der Waals surface area contributed by atoms with Crippen LogP contribution in [0.3, 0.4) is 0 Å². The standard InChI is InChI=1S/C16H20N2O2S/c1-10-4-6-13(7-5-10)14(8-9-19)18-16(20)15-11(2)21-12(3)17-15/h4-7,14,19H,8-9H2,1-3H3,(H,18,20). The molecule has 0 aliphatic carbocycles. The van der Waals surface area contributed by atoms with Crippen LogP contribution >= 0.6 is 11.3 Å². The quantitative estimate of drug-likeness (QED) is 0.893. The van der Waals surface area contributed by atoms with E-state index in [0.717, 1.165) is 15.4 Å². The Bertz CT molecular complexity index is 620. The number of thiazole rings is 1. The Kier molecular flexibility index (Phi) is 5.09. The minimum atomic E-state index is -0.204. The third kappa shape index (κ3) is 3.89. The lowest BCUT2D eigenvalue weighted by molar-refractivity contribution is 0.0925. The van der Waals surface area contributed by atoms with Gasteiger partial charge in [0.1, 0.15) is 5.69 Å². The molecule has 112 valence electrons. The maximum Gasteiger partial charge on any atom is 0.271 e. The van der Waals surface area contributed by atoms with Gasteiger partial charge in [0.2, 0.25) is 0 Å². The number of benzene rings is 1. The smallest absolute Gasteiger partial charge is 0.271 e. The van der Waals surface area contributed by atoms with Gasteiger partial charge in [0.25, 0.3) is 5.91 Å². The predicted molar refractivity (Wildman–Crippen MR) is 84.7 cm³/mol. The SMILES string of the molecule is Cc1ccc(C(CCO)NC(=O)c2nc(C)sc2C)cc1. The van der Waals surface area contributed by atoms with Gasteiger partial charge in [-0.3, -0.25) is 4.79 Å². The molecular formula is C16H20N2O2S. The zero-order valence-corrected chi connectivity index (χ0v) is 13.3. The van der Waals surface area contributed by atoms with E-state index in [0.29, 0.717) is 12.1 Å². The van der Waals surface area contributed by atoms with Crippen molar-refractivity contribution in [2.75, 3.05) is 6.61 Å². The van der Waals surface area contributed by atoms with Crippen LogP contribution in [-0.2, 0) is 0 Å². The second-order valence-electron chi connectivity index (χ2n) is 5.09. The lowest BCUT2D eigenvalue weighted by atomic mass is 10.0. The van der Waals surface area contributed by atoms with Crippen LogP contribution in [0.5, 0.6) is 0 Å². The molecule has 0 bridgehead atoms. The molecule has 0 fully saturated rings. The molecule has 21 heavy (non-hydrogen) atoms. The number of aryl methyl sites for hydroxylation is 3. The molecule has 0 spiro atoms. The molecule has 1 heterocycles. The largest absolute Gasteiger partial charge is 0.396 e. The molecule has 0 saturated heterocycles. The number of nitrogens with zero attached hydrogens (tertiary/aromatic N) is 1. The summed E-state index contributed by atoms with van der Waals surface area (Å²) in [7, 11) is 0. The normalized spacial score (nSPS) is 12.2. The first-order chi connectivity index (χ1) is 10.0. The summed E-state index contributed by atoms with van der Waals surface area (Å²) in [5, 5.41) is 13.1. The first-order valence-corrected chi connectivity index (χ1v) is 7.75. The number of hydrogen-bond donors (Lipinski definition) is 2. The van der Waals surface area contributed by atoms with E-state index in [1.807, 2.05) is 45.0 Å². The molecule has 2 aromatic rings. The van der Waals surface area contributed by atoms with Crippen molar-refractivity contribution >= 4 is 17.2 Å². The van der Waals surface area contributed by atoms with Crippen molar-refractivity contribution in [3.05, 3.63) is 51.0 Å². The fraction of sp³-hybridized carbons (Fsp3) is 0.375. The molecule has 1 aromatic heterocycles. The van der Waals surface area contributed by atoms with E-state index in [1.54, 1.807) is 0 Å². The summed E-state index contributed by atoms with van der Waals surface area (Å²) in [6.07, 6.45) is 0.483. The van der Waals surface area contributed by atoms with Gasteiger partial charge >= 0.3 is 0 Å². The number of hydrogen-bond acceptors (Lipinski definition) is 4. The minimum absolute atomic E-state index is 0.0217. The third-order valence-corrected chi connectivity index (χ3v) is 4.21. The Morgan fingerprint density at radius 2 is 1.95 bits per heavy atom. The van der Waals surface area contributed by atoms with Crippen molar-refractivity contribution in [1.82, 2.24) is 10.3 Å². The van der Waals surface area contributed by atoms with Crippen LogP contribution in [0.1, 0.15) is 44.0 Å². The Morgan fingerprint density at radius 3 is 2.48 bits per heavy atom. The fourth-order valence-corrected chi connectivity index (χ4v) is 3.03. The van der Waals surface area contributed by atoms with E-state index < -0.39 is 0 Å². The van der Waals surface area contributed by atoms with Gasteiger partial charge in [-0.15, -0.1) is 11.3 Å². The summed E-state index contributed by atoms with van der Waals surface area (Å²) < 4.78 is 0. The van der Waals surface area contributed by atoms with Crippen LogP contribution in [0.2, 0.25) is 0 Å². The van der Waals surface area contributed by atoms with Gasteiger partial charge < -0.3 is 10.4 Å². The third-order valence-electron chi connectivity index (χ3n) is 3.32. The fourth-order valence-electron chi connectivity index (χ4n) is 2.22. The molecule has 1 aromatic carbocycles. The van der Waals surface area contributed by atoms with Crippen LogP contribution in [-0.4, -0.2) is 22.6 Å². The molecule has 0 radical (unpaired) electrons. The number of amides is 1. The Morgan fingerprint density at radius 1 is 1.29 bits per heavy atom. The van der Waals surface area contributed by atoms with Gasteiger partial charge in [0, 0.05) is 11.5 Å². The van der Waals surface area contributed by atoms with E-state index in [9.17, 15) is 9.90 Å². The summed E-state index contributed by atoms with van der Waals surface area (Å²) in [6.45, 7) is 5.82. The van der Waals surface area contributed by atoms with Gasteiger partial charge in [-0.2, -0.15) is 0 Å². The molecule has 2 rings (SSSR count). The van der Waals surface area contributed by atoms with Gasteiger partial charge in [0.15, 0.2) is 0 Å². The molecule has 0 aliphatic rings. The average molecular weight is 304 g/mol. The van der Waals surface area contributed by atoms with Crippen molar-refractivity contribution in [3.8, 4) is 0 Å². The number of aromatic nitrogens is 1. The second-order valence-corrected chi connectivity index (χ2v) is 6.49. The van der Waals surface area contributed by atoms with Crippen LogP contribution in [0.15, 0.2) is 24.3 Å². The molecule has 5 heteroatoms. The molecule has 0 saturated carbocycles. The number of rotatable bonds is 5. The first kappa shape index (κ1) is 15.7. The zero-order valence-electron chi connectivity index (χ0n) is 12.5. The summed E-state index contributed by atoms with van der Waals surface area (Å²) in [5.74, 6) is -0.184. The average Bonchev–Trinajstić information content (AvgIpc) is 2.78. The second kappa shape index (κ2) is 6.83. The molecule has 0 aliphatic heterocycles. The van der Waals surface area contributed by atoms with E-state index in [1.165, 1.54) is 16.9 Å². The van der Waals surface area contributed by atoms with Crippen LogP contribution in [0, 0.1) is 20.8 Å². The van der Waals surface area contributed by atoms with Gasteiger partial charge in [-0.1, -0.05) is 29.8 Å². The van der Waals surface area contributed by atoms with E-state index in [2.05, 4.69) is 10.3 Å². The number of carbonyl (C=O) groups excluding carboxylic acids is 1. The summed E-state index contributed by atoms with van der Waals surface area (Å²) >= 11 is 1.51. The molecule has 1 amide bonds. The lowest BCUT2D eigenvalue weighted by Gasteiger charge is -2.18. The maximum atomic E-state index is 12.4. The summed E-state index contributed by atoms with van der Waals surface area (Å²) in [4.78, 5) is 17.5. The first-order valence-electron chi connectivity index (χ1n) is 6.93. The topological polar surface area (TPSA) is 62.2 Å². The van der Waals surface area contributed by atoms with E-state index in [4.69, 9.17) is 0 Å². The highest BCUT2D eigenvalue weighted by Gasteiger charge is 2.19. The summed E-state index contributed by atoms with van der Waals surface area (Å²) in [5.41, 5.74) is 2.64. The highest BCUT2D eigenvalue weighted by molar-refractivity contribution is 7.11. The molecule has 1 atom stereocenters. The van der Waals surface area contributed by atoms with Crippen molar-refractivity contribution in [1.29, 1.82) is 0 Å². The van der Waals surface area contributed by atoms with Crippen molar-refractivity contribution in [2.45, 2.75) is 33.2 Å². The number of aliphatic hydroxyl groups is 1. The molecule has 2 N–H and O–H groups in total. The van der Waals surface area contributed by atoms with Gasteiger partial charge in [0.05, 0.1) is 11.0 Å². The Labute approximate surface area is 128 Å². The zero-order chi connectivity index (χ0) is 15.4. The predicted octanol–water partition coefficient (Wildman–Crippen LogP) is 2.92. The molecule has 4 nitrogen and oxygen atoms in total.